The second-order valence-electron chi connectivity index (χ2n) is 6.75. The average Bonchev–Trinajstić information content (AvgIpc) is 2.81. The molecule has 3 aromatic rings. The van der Waals surface area contributed by atoms with Crippen LogP contribution < -0.4 is 15.5 Å². The number of rotatable bonds is 9. The largest absolute Gasteiger partial charge is 0.479 e. The van der Waals surface area contributed by atoms with Crippen LogP contribution in [0, 0.1) is 0 Å². The number of nitrogens with one attached hydrogen (secondary N) is 2. The normalized spacial score (nSPS) is 11.2. The lowest BCUT2D eigenvalue weighted by atomic mass is 10.0. The molecule has 31 heavy (non-hydrogen) atoms. The second kappa shape index (κ2) is 10.6. The van der Waals surface area contributed by atoms with Gasteiger partial charge in [0.15, 0.2) is 6.04 Å². The summed E-state index contributed by atoms with van der Waals surface area (Å²) in [6.45, 7) is -0.343. The van der Waals surface area contributed by atoms with E-state index in [1.807, 2.05) is 30.3 Å². The molecule has 0 unspecified atom stereocenters. The number of anilines is 2. The van der Waals surface area contributed by atoms with E-state index in [0.717, 1.165) is 5.69 Å². The first-order valence-corrected chi connectivity index (χ1v) is 9.77. The van der Waals surface area contributed by atoms with E-state index in [9.17, 15) is 19.5 Å². The van der Waals surface area contributed by atoms with Crippen molar-refractivity contribution in [3.8, 4) is 0 Å². The summed E-state index contributed by atoms with van der Waals surface area (Å²) in [5, 5.41) is 15.4. The van der Waals surface area contributed by atoms with E-state index in [0.29, 0.717) is 11.3 Å². The van der Waals surface area contributed by atoms with Gasteiger partial charge in [0.25, 0.3) is 0 Å². The molecular formula is C24H23N3O4. The molecule has 0 saturated heterocycles. The van der Waals surface area contributed by atoms with Gasteiger partial charge in [0, 0.05) is 11.4 Å². The molecular weight excluding hydrogens is 394 g/mol. The van der Waals surface area contributed by atoms with Gasteiger partial charge in [-0.3, -0.25) is 14.5 Å². The van der Waals surface area contributed by atoms with Crippen molar-refractivity contribution < 1.29 is 19.5 Å². The summed E-state index contributed by atoms with van der Waals surface area (Å²) >= 11 is 0. The Balaban J connectivity index is 1.74. The molecule has 158 valence electrons. The van der Waals surface area contributed by atoms with Gasteiger partial charge < -0.3 is 15.7 Å². The molecule has 3 aromatic carbocycles. The van der Waals surface area contributed by atoms with Crippen molar-refractivity contribution in [2.75, 3.05) is 23.3 Å². The zero-order chi connectivity index (χ0) is 22.1. The van der Waals surface area contributed by atoms with Crippen LogP contribution in [-0.4, -0.2) is 36.0 Å². The van der Waals surface area contributed by atoms with Gasteiger partial charge in [-0.1, -0.05) is 66.7 Å². The van der Waals surface area contributed by atoms with Crippen molar-refractivity contribution in [3.63, 3.8) is 0 Å². The minimum atomic E-state index is -1.23. The SMILES string of the molecule is O=C(CNc1ccccc1)NCC(=O)N(c1ccccc1)[C@H](C(=O)O)c1ccccc1. The Bertz CT molecular complexity index is 1010. The Morgan fingerprint density at radius 1 is 0.774 bits per heavy atom. The number of hydrogen-bond donors (Lipinski definition) is 3. The summed E-state index contributed by atoms with van der Waals surface area (Å²) in [6.07, 6.45) is 0. The van der Waals surface area contributed by atoms with E-state index in [1.54, 1.807) is 60.7 Å². The number of benzene rings is 3. The number of aliphatic carboxylic acids is 1. The molecule has 1 atom stereocenters. The van der Waals surface area contributed by atoms with Gasteiger partial charge in [-0.15, -0.1) is 0 Å². The minimum Gasteiger partial charge on any atom is -0.479 e. The third kappa shape index (κ3) is 5.93. The Labute approximate surface area is 180 Å². The molecule has 3 rings (SSSR count). The van der Waals surface area contributed by atoms with Crippen molar-refractivity contribution in [1.82, 2.24) is 5.32 Å². The number of amides is 2. The van der Waals surface area contributed by atoms with Gasteiger partial charge in [-0.2, -0.15) is 0 Å². The first-order valence-electron chi connectivity index (χ1n) is 9.77. The molecule has 0 radical (unpaired) electrons. The highest BCUT2D eigenvalue weighted by atomic mass is 16.4. The number of hydrogen-bond acceptors (Lipinski definition) is 4. The quantitative estimate of drug-likeness (QED) is 0.497. The summed E-state index contributed by atoms with van der Waals surface area (Å²) in [5.74, 6) is -2.08. The highest BCUT2D eigenvalue weighted by molar-refractivity contribution is 6.02. The third-order valence-corrected chi connectivity index (χ3v) is 4.57. The number of nitrogens with zero attached hydrogens (tertiary/aromatic N) is 1. The van der Waals surface area contributed by atoms with Crippen molar-refractivity contribution in [2.24, 2.45) is 0 Å². The minimum absolute atomic E-state index is 0.0102. The lowest BCUT2D eigenvalue weighted by Crippen LogP contribution is -2.45. The number of carboxylic acids is 1. The first kappa shape index (κ1) is 21.6. The summed E-state index contributed by atoms with van der Waals surface area (Å²) in [4.78, 5) is 38.6. The van der Waals surface area contributed by atoms with Crippen LogP contribution in [0.15, 0.2) is 91.0 Å². The fourth-order valence-electron chi connectivity index (χ4n) is 3.12. The van der Waals surface area contributed by atoms with Crippen LogP contribution in [0.3, 0.4) is 0 Å². The molecule has 0 aliphatic heterocycles. The molecule has 0 aliphatic rings. The van der Waals surface area contributed by atoms with Gasteiger partial charge in [0.05, 0.1) is 13.1 Å². The Morgan fingerprint density at radius 3 is 1.90 bits per heavy atom. The van der Waals surface area contributed by atoms with Gasteiger partial charge in [-0.25, -0.2) is 4.79 Å². The summed E-state index contributed by atoms with van der Waals surface area (Å²) in [7, 11) is 0. The molecule has 0 aliphatic carbocycles. The van der Waals surface area contributed by atoms with Crippen LogP contribution in [0.4, 0.5) is 11.4 Å². The maximum Gasteiger partial charge on any atom is 0.331 e. The van der Waals surface area contributed by atoms with E-state index in [4.69, 9.17) is 0 Å². The van der Waals surface area contributed by atoms with Crippen molar-refractivity contribution >= 4 is 29.2 Å². The third-order valence-electron chi connectivity index (χ3n) is 4.57. The first-order chi connectivity index (χ1) is 15.1. The molecule has 0 bridgehead atoms. The van der Waals surface area contributed by atoms with Crippen LogP contribution in [0.25, 0.3) is 0 Å². The van der Waals surface area contributed by atoms with E-state index in [1.165, 1.54) is 4.90 Å². The van der Waals surface area contributed by atoms with Crippen LogP contribution in [0.1, 0.15) is 11.6 Å². The number of carboxylic acid groups (broad SMARTS) is 1. The summed E-state index contributed by atoms with van der Waals surface area (Å²) < 4.78 is 0. The van der Waals surface area contributed by atoms with Crippen LogP contribution in [0.2, 0.25) is 0 Å². The van der Waals surface area contributed by atoms with Crippen LogP contribution in [-0.2, 0) is 14.4 Å². The Morgan fingerprint density at radius 2 is 1.32 bits per heavy atom. The second-order valence-corrected chi connectivity index (χ2v) is 6.75. The van der Waals surface area contributed by atoms with Crippen molar-refractivity contribution in [1.29, 1.82) is 0 Å². The van der Waals surface area contributed by atoms with E-state index < -0.39 is 17.9 Å². The van der Waals surface area contributed by atoms with E-state index >= 15 is 0 Å². The van der Waals surface area contributed by atoms with Gasteiger partial charge >= 0.3 is 5.97 Å². The summed E-state index contributed by atoms with van der Waals surface area (Å²) in [5.41, 5.74) is 1.68. The lowest BCUT2D eigenvalue weighted by molar-refractivity contribution is -0.140. The smallest absolute Gasteiger partial charge is 0.331 e. The van der Waals surface area contributed by atoms with Crippen molar-refractivity contribution in [2.45, 2.75) is 6.04 Å². The lowest BCUT2D eigenvalue weighted by Gasteiger charge is -2.29. The molecule has 7 heteroatoms. The van der Waals surface area contributed by atoms with Crippen molar-refractivity contribution in [3.05, 3.63) is 96.6 Å². The molecule has 0 saturated carbocycles. The maximum absolute atomic E-state index is 13.1. The van der Waals surface area contributed by atoms with Gasteiger partial charge in [-0.05, 0) is 29.8 Å². The fourth-order valence-corrected chi connectivity index (χ4v) is 3.12. The topological polar surface area (TPSA) is 98.7 Å². The van der Waals surface area contributed by atoms with Crippen LogP contribution in [0.5, 0.6) is 0 Å². The molecule has 3 N–H and O–H groups in total. The van der Waals surface area contributed by atoms with Crippen LogP contribution >= 0.6 is 0 Å². The highest BCUT2D eigenvalue weighted by Gasteiger charge is 2.32. The predicted molar refractivity (Wildman–Crippen MR) is 119 cm³/mol. The predicted octanol–water partition coefficient (Wildman–Crippen LogP) is 3.07. The molecule has 2 amide bonds. The Kier molecular flexibility index (Phi) is 7.37. The zero-order valence-electron chi connectivity index (χ0n) is 16.8. The highest BCUT2D eigenvalue weighted by Crippen LogP contribution is 2.27. The monoisotopic (exact) mass is 417 g/mol. The molecule has 7 nitrogen and oxygen atoms in total. The number of carbonyl (C=O) groups is 3. The summed E-state index contributed by atoms with van der Waals surface area (Å²) in [6, 6.07) is 25.1. The molecule has 0 heterocycles. The van der Waals surface area contributed by atoms with E-state index in [2.05, 4.69) is 10.6 Å². The maximum atomic E-state index is 13.1. The fraction of sp³-hybridized carbons (Fsp3) is 0.125. The molecule has 0 spiro atoms. The molecule has 0 fully saturated rings. The van der Waals surface area contributed by atoms with E-state index in [-0.39, 0.29) is 19.0 Å². The number of carbonyl (C=O) groups excluding carboxylic acids is 2. The van der Waals surface area contributed by atoms with Gasteiger partial charge in [0.2, 0.25) is 11.8 Å². The number of para-hydroxylation sites is 2. The zero-order valence-corrected chi connectivity index (χ0v) is 16.8. The average molecular weight is 417 g/mol. The van der Waals surface area contributed by atoms with Gasteiger partial charge in [0.1, 0.15) is 0 Å². The standard InChI is InChI=1S/C24H23N3O4/c28-21(16-25-19-12-6-2-7-13-19)26-17-22(29)27(20-14-8-3-9-15-20)23(24(30)31)18-10-4-1-5-11-18/h1-15,23,25H,16-17H2,(H,26,28)(H,30,31)/t23-/m0/s1. The molecule has 0 aromatic heterocycles. The Hall–Kier alpha value is -4.13.